The molecule has 0 radical (unpaired) electrons. The first-order chi connectivity index (χ1) is 16.5. The summed E-state index contributed by atoms with van der Waals surface area (Å²) in [6, 6.07) is 14.7. The van der Waals surface area contributed by atoms with E-state index in [1.165, 1.54) is 4.90 Å². The van der Waals surface area contributed by atoms with E-state index < -0.39 is 5.97 Å². The molecular weight excluding hydrogens is 436 g/mol. The number of carbonyl (C=O) groups excluding carboxylic acids is 2. The summed E-state index contributed by atoms with van der Waals surface area (Å²) in [7, 11) is 0. The SMILES string of the molecule is O=C(O)CN(C(=O)CCCCCCOc1cccc2c1N=C1NC(=O)CN1C2)c1ccccc1. The molecule has 34 heavy (non-hydrogen) atoms. The molecule has 2 amide bonds. The number of unbranched alkanes of at least 4 members (excludes halogenated alkanes) is 3. The van der Waals surface area contributed by atoms with Gasteiger partial charge in [0, 0.05) is 24.2 Å². The maximum Gasteiger partial charge on any atom is 0.323 e. The highest BCUT2D eigenvalue weighted by Crippen LogP contribution is 2.36. The van der Waals surface area contributed by atoms with Gasteiger partial charge in [0.1, 0.15) is 24.5 Å². The predicted octanol–water partition coefficient (Wildman–Crippen LogP) is 3.07. The van der Waals surface area contributed by atoms with E-state index in [2.05, 4.69) is 10.3 Å². The van der Waals surface area contributed by atoms with Gasteiger partial charge in [-0.3, -0.25) is 19.7 Å². The van der Waals surface area contributed by atoms with Gasteiger partial charge in [0.25, 0.3) is 0 Å². The van der Waals surface area contributed by atoms with Crippen molar-refractivity contribution < 1.29 is 24.2 Å². The molecule has 2 N–H and O–H groups in total. The van der Waals surface area contributed by atoms with Gasteiger partial charge < -0.3 is 19.6 Å². The number of carboxylic acid groups (broad SMARTS) is 1. The van der Waals surface area contributed by atoms with Crippen molar-refractivity contribution in [3.8, 4) is 5.75 Å². The Kier molecular flexibility index (Phi) is 7.41. The van der Waals surface area contributed by atoms with Crippen LogP contribution in [0.15, 0.2) is 53.5 Å². The Labute approximate surface area is 198 Å². The molecule has 2 heterocycles. The average Bonchev–Trinajstić information content (AvgIpc) is 3.19. The highest BCUT2D eigenvalue weighted by molar-refractivity contribution is 6.06. The Balaban J connectivity index is 1.20. The second-order valence-electron chi connectivity index (χ2n) is 8.33. The molecule has 1 saturated heterocycles. The number of aliphatic carboxylic acids is 1. The number of hydrogen-bond donors (Lipinski definition) is 2. The van der Waals surface area contributed by atoms with Gasteiger partial charge in [-0.15, -0.1) is 0 Å². The van der Waals surface area contributed by atoms with Crippen molar-refractivity contribution >= 4 is 35.1 Å². The van der Waals surface area contributed by atoms with Crippen molar-refractivity contribution in [2.24, 2.45) is 4.99 Å². The topological polar surface area (TPSA) is 112 Å². The first-order valence-electron chi connectivity index (χ1n) is 11.5. The zero-order chi connectivity index (χ0) is 23.9. The fourth-order valence-corrected chi connectivity index (χ4v) is 4.09. The lowest BCUT2D eigenvalue weighted by molar-refractivity contribution is -0.136. The fraction of sp³-hybridized carbons (Fsp3) is 0.360. The number of para-hydroxylation sites is 2. The molecule has 2 aliphatic rings. The van der Waals surface area contributed by atoms with Gasteiger partial charge in [-0.25, -0.2) is 4.99 Å². The molecule has 2 aliphatic heterocycles. The number of anilines is 1. The van der Waals surface area contributed by atoms with Crippen LogP contribution in [0.2, 0.25) is 0 Å². The molecular formula is C25H28N4O5. The first kappa shape index (κ1) is 23.3. The van der Waals surface area contributed by atoms with Crippen molar-refractivity contribution in [3.05, 3.63) is 54.1 Å². The number of ether oxygens (including phenoxy) is 1. The molecule has 2 aromatic carbocycles. The lowest BCUT2D eigenvalue weighted by atomic mass is 10.1. The zero-order valence-electron chi connectivity index (χ0n) is 18.9. The summed E-state index contributed by atoms with van der Waals surface area (Å²) >= 11 is 0. The van der Waals surface area contributed by atoms with Crippen molar-refractivity contribution in [1.82, 2.24) is 10.2 Å². The molecule has 4 rings (SSSR count). The van der Waals surface area contributed by atoms with Crippen LogP contribution in [-0.4, -0.2) is 53.4 Å². The molecule has 0 unspecified atom stereocenters. The average molecular weight is 465 g/mol. The van der Waals surface area contributed by atoms with Crippen molar-refractivity contribution in [3.63, 3.8) is 0 Å². The van der Waals surface area contributed by atoms with Crippen LogP contribution in [-0.2, 0) is 20.9 Å². The number of fused-ring (bicyclic) bond motifs is 2. The molecule has 2 aromatic rings. The molecule has 0 aliphatic carbocycles. The second kappa shape index (κ2) is 10.8. The van der Waals surface area contributed by atoms with Crippen LogP contribution < -0.4 is 15.0 Å². The quantitative estimate of drug-likeness (QED) is 0.495. The van der Waals surface area contributed by atoms with Crippen LogP contribution in [0.4, 0.5) is 11.4 Å². The molecule has 0 atom stereocenters. The molecule has 178 valence electrons. The van der Waals surface area contributed by atoms with E-state index in [-0.39, 0.29) is 18.4 Å². The zero-order valence-corrected chi connectivity index (χ0v) is 18.9. The summed E-state index contributed by atoms with van der Waals surface area (Å²) in [6.45, 7) is 1.13. The minimum Gasteiger partial charge on any atom is -0.491 e. The monoisotopic (exact) mass is 464 g/mol. The maximum atomic E-state index is 12.6. The summed E-state index contributed by atoms with van der Waals surface area (Å²) in [6.07, 6.45) is 3.56. The largest absolute Gasteiger partial charge is 0.491 e. The van der Waals surface area contributed by atoms with Crippen molar-refractivity contribution in [2.75, 3.05) is 24.6 Å². The maximum absolute atomic E-state index is 12.6. The van der Waals surface area contributed by atoms with E-state index in [4.69, 9.17) is 9.84 Å². The van der Waals surface area contributed by atoms with Gasteiger partial charge in [-0.1, -0.05) is 43.2 Å². The molecule has 9 heteroatoms. The fourth-order valence-electron chi connectivity index (χ4n) is 4.09. The number of amides is 2. The van der Waals surface area contributed by atoms with Gasteiger partial charge in [-0.2, -0.15) is 0 Å². The summed E-state index contributed by atoms with van der Waals surface area (Å²) in [5.41, 5.74) is 2.39. The third-order valence-corrected chi connectivity index (χ3v) is 5.75. The van der Waals surface area contributed by atoms with E-state index in [9.17, 15) is 14.4 Å². The van der Waals surface area contributed by atoms with Crippen molar-refractivity contribution in [1.29, 1.82) is 0 Å². The van der Waals surface area contributed by atoms with Gasteiger partial charge in [0.05, 0.1) is 6.61 Å². The standard InChI is InChI=1S/C25H28N4O5/c30-21-16-28-15-18-9-8-12-20(24(18)27-25(28)26-21)34-14-7-2-1-6-13-22(31)29(17-23(32)33)19-10-4-3-5-11-19/h3-5,8-12H,1-2,6-7,13-17H2,(H,32,33)(H,26,27,30). The number of guanidine groups is 1. The minimum atomic E-state index is -1.04. The Morgan fingerprint density at radius 3 is 2.62 bits per heavy atom. The summed E-state index contributed by atoms with van der Waals surface area (Å²) in [5.74, 6) is -0.000280. The third-order valence-electron chi connectivity index (χ3n) is 5.75. The molecule has 0 saturated carbocycles. The van der Waals surface area contributed by atoms with Gasteiger partial charge in [0.2, 0.25) is 17.8 Å². The van der Waals surface area contributed by atoms with E-state index in [0.717, 1.165) is 30.5 Å². The Hall–Kier alpha value is -3.88. The molecule has 0 bridgehead atoms. The third kappa shape index (κ3) is 5.72. The summed E-state index contributed by atoms with van der Waals surface area (Å²) < 4.78 is 5.97. The van der Waals surface area contributed by atoms with Gasteiger partial charge in [0.15, 0.2) is 0 Å². The Morgan fingerprint density at radius 1 is 1.03 bits per heavy atom. The minimum absolute atomic E-state index is 0.0534. The number of nitrogens with one attached hydrogen (secondary N) is 1. The van der Waals surface area contributed by atoms with Crippen LogP contribution in [0.3, 0.4) is 0 Å². The number of nitrogens with zero attached hydrogens (tertiary/aromatic N) is 3. The Morgan fingerprint density at radius 2 is 1.82 bits per heavy atom. The van der Waals surface area contributed by atoms with Gasteiger partial charge in [-0.05, 0) is 31.0 Å². The number of hydrogen-bond acceptors (Lipinski definition) is 6. The lowest BCUT2D eigenvalue weighted by Gasteiger charge is -2.24. The predicted molar refractivity (Wildman–Crippen MR) is 127 cm³/mol. The number of benzene rings is 2. The van der Waals surface area contributed by atoms with E-state index >= 15 is 0 Å². The molecule has 9 nitrogen and oxygen atoms in total. The Bertz CT molecular complexity index is 1090. The normalized spacial score (nSPS) is 14.1. The first-order valence-corrected chi connectivity index (χ1v) is 11.5. The number of carbonyl (C=O) groups is 3. The van der Waals surface area contributed by atoms with E-state index in [1.807, 2.05) is 29.2 Å². The lowest BCUT2D eigenvalue weighted by Crippen LogP contribution is -2.35. The second-order valence-corrected chi connectivity index (χ2v) is 8.33. The van der Waals surface area contributed by atoms with Crippen LogP contribution in [0.25, 0.3) is 0 Å². The van der Waals surface area contributed by atoms with Crippen LogP contribution in [0.1, 0.15) is 37.7 Å². The van der Waals surface area contributed by atoms with Crippen molar-refractivity contribution in [2.45, 2.75) is 38.6 Å². The number of rotatable bonds is 11. The molecule has 1 fully saturated rings. The summed E-state index contributed by atoms with van der Waals surface area (Å²) in [5, 5.41) is 11.9. The summed E-state index contributed by atoms with van der Waals surface area (Å²) in [4.78, 5) is 43.2. The van der Waals surface area contributed by atoms with E-state index in [1.54, 1.807) is 24.3 Å². The number of carboxylic acids is 1. The van der Waals surface area contributed by atoms with Crippen LogP contribution in [0.5, 0.6) is 5.75 Å². The molecule has 0 spiro atoms. The smallest absolute Gasteiger partial charge is 0.323 e. The van der Waals surface area contributed by atoms with Gasteiger partial charge >= 0.3 is 5.97 Å². The van der Waals surface area contributed by atoms with Crippen LogP contribution >= 0.6 is 0 Å². The molecule has 0 aromatic heterocycles. The highest BCUT2D eigenvalue weighted by Gasteiger charge is 2.30. The van der Waals surface area contributed by atoms with Crippen LogP contribution in [0, 0.1) is 0 Å². The van der Waals surface area contributed by atoms with E-state index in [0.29, 0.717) is 49.9 Å². The highest BCUT2D eigenvalue weighted by atomic mass is 16.5. The number of aliphatic imine (C=N–C) groups is 1.